The van der Waals surface area contributed by atoms with Crippen LogP contribution in [0, 0.1) is 11.6 Å². The summed E-state index contributed by atoms with van der Waals surface area (Å²) in [4.78, 5) is 11.7. The van der Waals surface area contributed by atoms with Crippen molar-refractivity contribution in [2.45, 2.75) is 25.2 Å². The first kappa shape index (κ1) is 14.6. The molecular formula is C13H15F3N2O2. The number of nitrogens with one attached hydrogen (secondary N) is 1. The lowest BCUT2D eigenvalue weighted by Gasteiger charge is -2.33. The van der Waals surface area contributed by atoms with E-state index in [-0.39, 0.29) is 25.2 Å². The van der Waals surface area contributed by atoms with E-state index in [1.807, 2.05) is 0 Å². The van der Waals surface area contributed by atoms with Gasteiger partial charge in [-0.05, 0) is 12.5 Å². The van der Waals surface area contributed by atoms with E-state index in [4.69, 9.17) is 5.11 Å². The highest BCUT2D eigenvalue weighted by molar-refractivity contribution is 5.65. The van der Waals surface area contributed by atoms with E-state index in [9.17, 15) is 18.0 Å². The highest BCUT2D eigenvalue weighted by Crippen LogP contribution is 2.16. The number of piperidine rings is 1. The molecular weight excluding hydrogens is 273 g/mol. The largest absolute Gasteiger partial charge is 0.465 e. The Hall–Kier alpha value is -1.76. The molecule has 1 aromatic carbocycles. The molecule has 20 heavy (non-hydrogen) atoms. The van der Waals surface area contributed by atoms with Crippen LogP contribution in [0.2, 0.25) is 0 Å². The molecule has 4 nitrogen and oxygen atoms in total. The summed E-state index contributed by atoms with van der Waals surface area (Å²) in [7, 11) is 0. The predicted molar refractivity (Wildman–Crippen MR) is 66.1 cm³/mol. The molecule has 2 atom stereocenters. The monoisotopic (exact) mass is 288 g/mol. The van der Waals surface area contributed by atoms with Crippen LogP contribution in [-0.4, -0.2) is 41.4 Å². The van der Waals surface area contributed by atoms with Crippen molar-refractivity contribution in [2.75, 3.05) is 13.1 Å². The zero-order chi connectivity index (χ0) is 14.7. The summed E-state index contributed by atoms with van der Waals surface area (Å²) in [5, 5.41) is 11.6. The van der Waals surface area contributed by atoms with E-state index in [0.717, 1.165) is 17.0 Å². The Morgan fingerprint density at radius 3 is 2.80 bits per heavy atom. The molecule has 0 aliphatic carbocycles. The van der Waals surface area contributed by atoms with Crippen LogP contribution in [0.3, 0.4) is 0 Å². The molecule has 0 radical (unpaired) electrons. The first-order valence-electron chi connectivity index (χ1n) is 6.26. The fourth-order valence-electron chi connectivity index (χ4n) is 2.21. The SMILES string of the molecule is O=C(O)N1CCC(NCc2ccc(F)cc2F)C(F)C1. The summed E-state index contributed by atoms with van der Waals surface area (Å²) < 4.78 is 40.0. The van der Waals surface area contributed by atoms with E-state index in [0.29, 0.717) is 6.42 Å². The lowest BCUT2D eigenvalue weighted by atomic mass is 10.0. The highest BCUT2D eigenvalue weighted by Gasteiger charge is 2.31. The van der Waals surface area contributed by atoms with Gasteiger partial charge in [-0.25, -0.2) is 18.0 Å². The number of benzene rings is 1. The number of amides is 1. The van der Waals surface area contributed by atoms with Crippen LogP contribution in [0.4, 0.5) is 18.0 Å². The Morgan fingerprint density at radius 2 is 2.20 bits per heavy atom. The van der Waals surface area contributed by atoms with Crippen molar-refractivity contribution in [1.29, 1.82) is 0 Å². The van der Waals surface area contributed by atoms with E-state index in [2.05, 4.69) is 5.32 Å². The van der Waals surface area contributed by atoms with Gasteiger partial charge in [0.25, 0.3) is 0 Å². The van der Waals surface area contributed by atoms with Crippen molar-refractivity contribution in [1.82, 2.24) is 10.2 Å². The molecule has 1 aliphatic rings. The van der Waals surface area contributed by atoms with Gasteiger partial charge >= 0.3 is 6.09 Å². The lowest BCUT2D eigenvalue weighted by Crippen LogP contribution is -2.51. The Labute approximate surface area is 114 Å². The van der Waals surface area contributed by atoms with Gasteiger partial charge < -0.3 is 15.3 Å². The van der Waals surface area contributed by atoms with Crippen molar-refractivity contribution in [3.63, 3.8) is 0 Å². The van der Waals surface area contributed by atoms with E-state index >= 15 is 0 Å². The number of carboxylic acid groups (broad SMARTS) is 1. The summed E-state index contributed by atoms with van der Waals surface area (Å²) in [6, 6.07) is 2.68. The standard InChI is InChI=1S/C13H15F3N2O2/c14-9-2-1-8(10(15)5-9)6-17-12-3-4-18(13(19)20)7-11(12)16/h1-2,5,11-12,17H,3-4,6-7H2,(H,19,20). The van der Waals surface area contributed by atoms with Crippen molar-refractivity contribution in [3.05, 3.63) is 35.4 Å². The van der Waals surface area contributed by atoms with Crippen LogP contribution in [0.15, 0.2) is 18.2 Å². The molecule has 2 N–H and O–H groups in total. The second-order valence-corrected chi connectivity index (χ2v) is 4.76. The van der Waals surface area contributed by atoms with Crippen LogP contribution in [0.1, 0.15) is 12.0 Å². The Bertz CT molecular complexity index is 499. The Morgan fingerprint density at radius 1 is 1.45 bits per heavy atom. The Kier molecular flexibility index (Phi) is 4.49. The molecule has 0 saturated carbocycles. The van der Waals surface area contributed by atoms with Crippen molar-refractivity contribution in [2.24, 2.45) is 0 Å². The molecule has 1 heterocycles. The second-order valence-electron chi connectivity index (χ2n) is 4.76. The number of alkyl halides is 1. The molecule has 0 bridgehead atoms. The maximum absolute atomic E-state index is 13.8. The third kappa shape index (κ3) is 3.41. The van der Waals surface area contributed by atoms with Gasteiger partial charge in [-0.2, -0.15) is 0 Å². The Balaban J connectivity index is 1.90. The summed E-state index contributed by atoms with van der Waals surface area (Å²) in [6.07, 6.45) is -2.17. The van der Waals surface area contributed by atoms with Crippen molar-refractivity contribution >= 4 is 6.09 Å². The molecule has 0 aromatic heterocycles. The highest BCUT2D eigenvalue weighted by atomic mass is 19.1. The summed E-state index contributed by atoms with van der Waals surface area (Å²) in [5.74, 6) is -1.35. The molecule has 7 heteroatoms. The van der Waals surface area contributed by atoms with Gasteiger partial charge in [0.15, 0.2) is 0 Å². The molecule has 2 unspecified atom stereocenters. The van der Waals surface area contributed by atoms with Gasteiger partial charge in [-0.1, -0.05) is 6.07 Å². The molecule has 0 spiro atoms. The van der Waals surface area contributed by atoms with Gasteiger partial charge in [-0.15, -0.1) is 0 Å². The zero-order valence-corrected chi connectivity index (χ0v) is 10.7. The predicted octanol–water partition coefficient (Wildman–Crippen LogP) is 2.14. The molecule has 1 fully saturated rings. The quantitative estimate of drug-likeness (QED) is 0.896. The van der Waals surface area contributed by atoms with Gasteiger partial charge in [-0.3, -0.25) is 0 Å². The molecule has 2 rings (SSSR count). The zero-order valence-electron chi connectivity index (χ0n) is 10.7. The molecule has 110 valence electrons. The minimum Gasteiger partial charge on any atom is -0.465 e. The fraction of sp³-hybridized carbons (Fsp3) is 0.462. The summed E-state index contributed by atoms with van der Waals surface area (Å²) in [5.41, 5.74) is 0.249. The number of hydrogen-bond acceptors (Lipinski definition) is 2. The number of rotatable bonds is 3. The lowest BCUT2D eigenvalue weighted by molar-refractivity contribution is 0.0881. The normalized spacial score (nSPS) is 22.9. The molecule has 1 saturated heterocycles. The smallest absolute Gasteiger partial charge is 0.407 e. The van der Waals surface area contributed by atoms with E-state index in [1.165, 1.54) is 6.07 Å². The maximum atomic E-state index is 13.8. The first-order valence-corrected chi connectivity index (χ1v) is 6.26. The van der Waals surface area contributed by atoms with Crippen LogP contribution >= 0.6 is 0 Å². The van der Waals surface area contributed by atoms with Crippen LogP contribution in [-0.2, 0) is 6.54 Å². The van der Waals surface area contributed by atoms with Crippen LogP contribution in [0.5, 0.6) is 0 Å². The number of hydrogen-bond donors (Lipinski definition) is 2. The van der Waals surface area contributed by atoms with Crippen LogP contribution in [0.25, 0.3) is 0 Å². The molecule has 1 aromatic rings. The molecule has 1 amide bonds. The maximum Gasteiger partial charge on any atom is 0.407 e. The van der Waals surface area contributed by atoms with Crippen LogP contribution < -0.4 is 5.32 Å². The first-order chi connectivity index (χ1) is 9.47. The van der Waals surface area contributed by atoms with E-state index in [1.54, 1.807) is 0 Å². The minimum atomic E-state index is -1.34. The molecule has 1 aliphatic heterocycles. The number of halogens is 3. The summed E-state index contributed by atoms with van der Waals surface area (Å²) >= 11 is 0. The van der Waals surface area contributed by atoms with Crippen molar-refractivity contribution < 1.29 is 23.1 Å². The van der Waals surface area contributed by atoms with Crippen molar-refractivity contribution in [3.8, 4) is 0 Å². The third-order valence-corrected chi connectivity index (χ3v) is 3.38. The van der Waals surface area contributed by atoms with Gasteiger partial charge in [0, 0.05) is 30.8 Å². The van der Waals surface area contributed by atoms with Gasteiger partial charge in [0.1, 0.15) is 17.8 Å². The third-order valence-electron chi connectivity index (χ3n) is 3.38. The second kappa shape index (κ2) is 6.13. The minimum absolute atomic E-state index is 0.0737. The van der Waals surface area contributed by atoms with Gasteiger partial charge in [0.2, 0.25) is 0 Å². The number of likely N-dealkylation sites (tertiary alicyclic amines) is 1. The van der Waals surface area contributed by atoms with E-state index < -0.39 is 29.9 Å². The topological polar surface area (TPSA) is 52.6 Å². The number of nitrogens with zero attached hydrogens (tertiary/aromatic N) is 1. The average Bonchev–Trinajstić information content (AvgIpc) is 2.38. The summed E-state index contributed by atoms with van der Waals surface area (Å²) in [6.45, 7) is 0.114. The fourth-order valence-corrected chi connectivity index (χ4v) is 2.21. The average molecular weight is 288 g/mol. The number of carbonyl (C=O) groups is 1. The van der Waals surface area contributed by atoms with Gasteiger partial charge in [0.05, 0.1) is 6.54 Å².